The molecule has 0 radical (unpaired) electrons. The predicted octanol–water partition coefficient (Wildman–Crippen LogP) is 2.09. The van der Waals surface area contributed by atoms with Crippen molar-refractivity contribution in [3.8, 4) is 0 Å². The molecule has 3 nitrogen and oxygen atoms in total. The maximum atomic E-state index is 11.4. The molecule has 2 aliphatic rings. The average molecular weight is 195 g/mol. The van der Waals surface area contributed by atoms with Crippen LogP contribution in [-0.4, -0.2) is 17.7 Å². The van der Waals surface area contributed by atoms with Crippen molar-refractivity contribution < 1.29 is 9.53 Å². The Labute approximate surface area is 84.5 Å². The molecule has 3 heteroatoms. The molecule has 0 aromatic carbocycles. The van der Waals surface area contributed by atoms with E-state index < -0.39 is 5.60 Å². The number of rotatable bonds is 1. The summed E-state index contributed by atoms with van der Waals surface area (Å²) < 4.78 is 5.18. The van der Waals surface area contributed by atoms with E-state index in [1.165, 1.54) is 0 Å². The van der Waals surface area contributed by atoms with E-state index >= 15 is 0 Å². The van der Waals surface area contributed by atoms with E-state index in [1.54, 1.807) is 0 Å². The summed E-state index contributed by atoms with van der Waals surface area (Å²) in [5, 5.41) is 2.90. The highest BCUT2D eigenvalue weighted by atomic mass is 16.6. The van der Waals surface area contributed by atoms with E-state index in [1.807, 2.05) is 20.8 Å². The Hall–Kier alpha value is -0.990. The van der Waals surface area contributed by atoms with Gasteiger partial charge in [-0.3, -0.25) is 0 Å². The van der Waals surface area contributed by atoms with E-state index in [-0.39, 0.29) is 6.09 Å². The molecule has 1 N–H and O–H groups in total. The lowest BCUT2D eigenvalue weighted by Crippen LogP contribution is -2.35. The molecule has 0 saturated heterocycles. The maximum Gasteiger partial charge on any atom is 0.407 e. The number of allylic oxidation sites excluding steroid dienone is 1. The highest BCUT2D eigenvalue weighted by Gasteiger charge is 2.51. The van der Waals surface area contributed by atoms with Crippen LogP contribution in [0.4, 0.5) is 4.79 Å². The second-order valence-electron chi connectivity index (χ2n) is 5.08. The topological polar surface area (TPSA) is 38.3 Å². The first-order chi connectivity index (χ1) is 6.47. The summed E-state index contributed by atoms with van der Waals surface area (Å²) in [4.78, 5) is 11.4. The Morgan fingerprint density at radius 3 is 2.71 bits per heavy atom. The van der Waals surface area contributed by atoms with Crippen molar-refractivity contribution in [2.45, 2.75) is 38.8 Å². The molecule has 0 aromatic rings. The Morgan fingerprint density at radius 2 is 2.21 bits per heavy atom. The first-order valence-corrected chi connectivity index (χ1v) is 5.13. The zero-order valence-corrected chi connectivity index (χ0v) is 8.91. The number of amides is 1. The Kier molecular flexibility index (Phi) is 2.05. The molecule has 2 rings (SSSR count). The normalized spacial score (nSPS) is 33.8. The van der Waals surface area contributed by atoms with Gasteiger partial charge in [0.1, 0.15) is 5.60 Å². The van der Waals surface area contributed by atoms with Crippen molar-refractivity contribution in [1.82, 2.24) is 5.32 Å². The molecule has 0 bridgehead atoms. The zero-order valence-electron chi connectivity index (χ0n) is 8.91. The number of hydrogen-bond acceptors (Lipinski definition) is 2. The van der Waals surface area contributed by atoms with Gasteiger partial charge in [-0.05, 0) is 33.1 Å². The third-order valence-electron chi connectivity index (χ3n) is 2.68. The lowest BCUT2D eigenvalue weighted by atomic mass is 10.2. The van der Waals surface area contributed by atoms with Gasteiger partial charge in [-0.25, -0.2) is 4.79 Å². The molecular formula is C11H17NO2. The number of carbonyl (C=O) groups is 1. The molecule has 0 unspecified atom stereocenters. The summed E-state index contributed by atoms with van der Waals surface area (Å²) >= 11 is 0. The highest BCUT2D eigenvalue weighted by molar-refractivity contribution is 5.69. The summed E-state index contributed by atoms with van der Waals surface area (Å²) in [5.74, 6) is 1.21. The van der Waals surface area contributed by atoms with Gasteiger partial charge < -0.3 is 10.1 Å². The smallest absolute Gasteiger partial charge is 0.407 e. The van der Waals surface area contributed by atoms with E-state index in [4.69, 9.17) is 4.74 Å². The highest BCUT2D eigenvalue weighted by Crippen LogP contribution is 2.47. The summed E-state index contributed by atoms with van der Waals surface area (Å²) in [6.07, 6.45) is 5.19. The van der Waals surface area contributed by atoms with Crippen LogP contribution >= 0.6 is 0 Å². The van der Waals surface area contributed by atoms with Crippen molar-refractivity contribution in [3.63, 3.8) is 0 Å². The van der Waals surface area contributed by atoms with Crippen LogP contribution in [0.25, 0.3) is 0 Å². The van der Waals surface area contributed by atoms with Gasteiger partial charge in [0.25, 0.3) is 0 Å². The minimum absolute atomic E-state index is 0.287. The van der Waals surface area contributed by atoms with Crippen LogP contribution in [0.15, 0.2) is 12.2 Å². The van der Waals surface area contributed by atoms with E-state index in [0.717, 1.165) is 6.42 Å². The molecule has 1 amide bonds. The molecule has 0 aromatic heterocycles. The van der Waals surface area contributed by atoms with Crippen LogP contribution in [-0.2, 0) is 4.74 Å². The van der Waals surface area contributed by atoms with Crippen LogP contribution in [0.1, 0.15) is 27.2 Å². The SMILES string of the molecule is CC(C)(C)OC(=O)N[C@@H]1[C@H]2C=CC[C@@H]21. The van der Waals surface area contributed by atoms with E-state index in [9.17, 15) is 4.79 Å². The van der Waals surface area contributed by atoms with Gasteiger partial charge in [0.05, 0.1) is 0 Å². The predicted molar refractivity (Wildman–Crippen MR) is 53.9 cm³/mol. The van der Waals surface area contributed by atoms with Crippen molar-refractivity contribution in [2.75, 3.05) is 0 Å². The standard InChI is InChI=1S/C11H17NO2/c1-11(2,3)14-10(13)12-9-7-5-4-6-8(7)9/h4-5,7-9H,6H2,1-3H3,(H,12,13)/t7-,8-,9+/m0/s1. The van der Waals surface area contributed by atoms with Gasteiger partial charge in [0, 0.05) is 12.0 Å². The van der Waals surface area contributed by atoms with E-state index in [0.29, 0.717) is 17.9 Å². The summed E-state index contributed by atoms with van der Waals surface area (Å²) in [6.45, 7) is 5.63. The minimum Gasteiger partial charge on any atom is -0.444 e. The monoisotopic (exact) mass is 195 g/mol. The first kappa shape index (κ1) is 9.56. The fraction of sp³-hybridized carbons (Fsp3) is 0.727. The summed E-state index contributed by atoms with van der Waals surface area (Å²) in [7, 11) is 0. The van der Waals surface area contributed by atoms with Crippen LogP contribution in [0.5, 0.6) is 0 Å². The Bertz CT molecular complexity index is 278. The molecule has 0 aliphatic heterocycles. The fourth-order valence-electron chi connectivity index (χ4n) is 2.01. The summed E-state index contributed by atoms with van der Waals surface area (Å²) in [6, 6.07) is 0.329. The Balaban J connectivity index is 1.77. The minimum atomic E-state index is -0.399. The number of hydrogen-bond donors (Lipinski definition) is 1. The van der Waals surface area contributed by atoms with Crippen LogP contribution < -0.4 is 5.32 Å². The lowest BCUT2D eigenvalue weighted by Gasteiger charge is -2.19. The van der Waals surface area contributed by atoms with E-state index in [2.05, 4.69) is 17.5 Å². The van der Waals surface area contributed by atoms with Crippen LogP contribution in [0, 0.1) is 11.8 Å². The molecule has 2 aliphatic carbocycles. The van der Waals surface area contributed by atoms with Crippen molar-refractivity contribution in [3.05, 3.63) is 12.2 Å². The van der Waals surface area contributed by atoms with Gasteiger partial charge in [0.2, 0.25) is 0 Å². The van der Waals surface area contributed by atoms with Crippen LogP contribution in [0.3, 0.4) is 0 Å². The second kappa shape index (κ2) is 3.01. The fourth-order valence-corrected chi connectivity index (χ4v) is 2.01. The molecular weight excluding hydrogens is 178 g/mol. The Morgan fingerprint density at radius 1 is 1.50 bits per heavy atom. The van der Waals surface area contributed by atoms with Gasteiger partial charge in [0.15, 0.2) is 0 Å². The number of fused-ring (bicyclic) bond motifs is 1. The maximum absolute atomic E-state index is 11.4. The summed E-state index contributed by atoms with van der Waals surface area (Å²) in [5.41, 5.74) is -0.399. The molecule has 14 heavy (non-hydrogen) atoms. The average Bonchev–Trinajstić information content (AvgIpc) is 2.50. The number of alkyl carbamates (subject to hydrolysis) is 1. The lowest BCUT2D eigenvalue weighted by molar-refractivity contribution is 0.0519. The van der Waals surface area contributed by atoms with Gasteiger partial charge in [-0.1, -0.05) is 12.2 Å². The van der Waals surface area contributed by atoms with Crippen molar-refractivity contribution >= 4 is 6.09 Å². The van der Waals surface area contributed by atoms with Gasteiger partial charge >= 0.3 is 6.09 Å². The molecule has 3 atom stereocenters. The largest absolute Gasteiger partial charge is 0.444 e. The number of ether oxygens (including phenoxy) is 1. The zero-order chi connectivity index (χ0) is 10.3. The molecule has 0 heterocycles. The first-order valence-electron chi connectivity index (χ1n) is 5.13. The van der Waals surface area contributed by atoms with Crippen molar-refractivity contribution in [2.24, 2.45) is 11.8 Å². The van der Waals surface area contributed by atoms with Crippen LogP contribution in [0.2, 0.25) is 0 Å². The molecule has 0 spiro atoms. The van der Waals surface area contributed by atoms with Gasteiger partial charge in [-0.2, -0.15) is 0 Å². The van der Waals surface area contributed by atoms with Gasteiger partial charge in [-0.15, -0.1) is 0 Å². The number of nitrogens with one attached hydrogen (secondary N) is 1. The molecule has 1 saturated carbocycles. The second-order valence-corrected chi connectivity index (χ2v) is 5.08. The third-order valence-corrected chi connectivity index (χ3v) is 2.68. The molecule has 78 valence electrons. The third kappa shape index (κ3) is 1.91. The van der Waals surface area contributed by atoms with Crippen molar-refractivity contribution in [1.29, 1.82) is 0 Å². The quantitative estimate of drug-likeness (QED) is 0.650. The number of carbonyl (C=O) groups excluding carboxylic acids is 1. The molecule has 1 fully saturated rings.